The SMILES string of the molecule is CCc1ccc(-c2c(C(=O)O)n[nH]c2C)cc1. The van der Waals surface area contributed by atoms with Crippen LogP contribution in [0.1, 0.15) is 28.7 Å². The summed E-state index contributed by atoms with van der Waals surface area (Å²) in [5.41, 5.74) is 3.62. The van der Waals surface area contributed by atoms with E-state index in [2.05, 4.69) is 17.1 Å². The fourth-order valence-electron chi connectivity index (χ4n) is 1.84. The van der Waals surface area contributed by atoms with Gasteiger partial charge >= 0.3 is 5.97 Å². The normalized spacial score (nSPS) is 10.5. The van der Waals surface area contributed by atoms with Crippen LogP contribution in [0.4, 0.5) is 0 Å². The Morgan fingerprint density at radius 1 is 1.35 bits per heavy atom. The van der Waals surface area contributed by atoms with E-state index in [1.807, 2.05) is 31.2 Å². The molecule has 0 aliphatic heterocycles. The van der Waals surface area contributed by atoms with Gasteiger partial charge in [0.25, 0.3) is 0 Å². The summed E-state index contributed by atoms with van der Waals surface area (Å²) in [6, 6.07) is 7.88. The van der Waals surface area contributed by atoms with Gasteiger partial charge in [0.15, 0.2) is 5.69 Å². The van der Waals surface area contributed by atoms with E-state index >= 15 is 0 Å². The van der Waals surface area contributed by atoms with Crippen molar-refractivity contribution in [3.05, 3.63) is 41.2 Å². The van der Waals surface area contributed by atoms with Crippen LogP contribution in [-0.2, 0) is 6.42 Å². The number of benzene rings is 1. The van der Waals surface area contributed by atoms with E-state index in [9.17, 15) is 4.79 Å². The fraction of sp³-hybridized carbons (Fsp3) is 0.231. The average Bonchev–Trinajstić information content (AvgIpc) is 2.71. The summed E-state index contributed by atoms with van der Waals surface area (Å²) in [6.45, 7) is 3.91. The molecule has 0 bridgehead atoms. The van der Waals surface area contributed by atoms with Gasteiger partial charge in [-0.15, -0.1) is 0 Å². The number of hydrogen-bond donors (Lipinski definition) is 2. The van der Waals surface area contributed by atoms with Gasteiger partial charge in [0, 0.05) is 11.3 Å². The second-order valence-electron chi connectivity index (χ2n) is 3.93. The third kappa shape index (κ3) is 2.06. The molecule has 1 heterocycles. The Morgan fingerprint density at radius 3 is 2.53 bits per heavy atom. The molecule has 0 saturated carbocycles. The first kappa shape index (κ1) is 11.4. The number of aryl methyl sites for hydroxylation is 2. The smallest absolute Gasteiger partial charge is 0.357 e. The summed E-state index contributed by atoms with van der Waals surface area (Å²) in [5.74, 6) is -1.01. The van der Waals surface area contributed by atoms with Gasteiger partial charge in [-0.2, -0.15) is 5.10 Å². The van der Waals surface area contributed by atoms with Gasteiger partial charge in [-0.05, 0) is 24.5 Å². The number of carbonyl (C=O) groups is 1. The molecule has 4 nitrogen and oxygen atoms in total. The quantitative estimate of drug-likeness (QED) is 0.851. The molecule has 4 heteroatoms. The molecular formula is C13H14N2O2. The minimum Gasteiger partial charge on any atom is -0.476 e. The van der Waals surface area contributed by atoms with Crippen molar-refractivity contribution >= 4 is 5.97 Å². The van der Waals surface area contributed by atoms with Gasteiger partial charge in [0.2, 0.25) is 0 Å². The molecule has 0 unspecified atom stereocenters. The zero-order valence-electron chi connectivity index (χ0n) is 9.82. The third-order valence-corrected chi connectivity index (χ3v) is 2.80. The highest BCUT2D eigenvalue weighted by atomic mass is 16.4. The summed E-state index contributed by atoms with van der Waals surface area (Å²) < 4.78 is 0. The zero-order valence-corrected chi connectivity index (χ0v) is 9.82. The first-order valence-electron chi connectivity index (χ1n) is 5.51. The van der Waals surface area contributed by atoms with Crippen LogP contribution in [0.25, 0.3) is 11.1 Å². The van der Waals surface area contributed by atoms with Crippen LogP contribution in [0, 0.1) is 6.92 Å². The van der Waals surface area contributed by atoms with Crippen molar-refractivity contribution in [3.63, 3.8) is 0 Å². The van der Waals surface area contributed by atoms with E-state index in [0.717, 1.165) is 17.7 Å². The summed E-state index contributed by atoms with van der Waals surface area (Å²) in [6.07, 6.45) is 0.969. The summed E-state index contributed by atoms with van der Waals surface area (Å²) >= 11 is 0. The van der Waals surface area contributed by atoms with E-state index in [1.54, 1.807) is 0 Å². The molecule has 0 fully saturated rings. The lowest BCUT2D eigenvalue weighted by Crippen LogP contribution is -1.99. The lowest BCUT2D eigenvalue weighted by atomic mass is 10.0. The van der Waals surface area contributed by atoms with Crippen molar-refractivity contribution in [2.24, 2.45) is 0 Å². The minimum absolute atomic E-state index is 0.0757. The number of H-pyrrole nitrogens is 1. The first-order chi connectivity index (χ1) is 8.13. The van der Waals surface area contributed by atoms with Crippen LogP contribution in [-0.4, -0.2) is 21.3 Å². The number of nitrogens with one attached hydrogen (secondary N) is 1. The fourth-order valence-corrected chi connectivity index (χ4v) is 1.84. The zero-order chi connectivity index (χ0) is 12.4. The van der Waals surface area contributed by atoms with Gasteiger partial charge in [-0.3, -0.25) is 5.10 Å². The highest BCUT2D eigenvalue weighted by Crippen LogP contribution is 2.26. The van der Waals surface area contributed by atoms with Crippen molar-refractivity contribution in [2.75, 3.05) is 0 Å². The third-order valence-electron chi connectivity index (χ3n) is 2.80. The number of aromatic carboxylic acids is 1. The van der Waals surface area contributed by atoms with Crippen LogP contribution in [0.2, 0.25) is 0 Å². The van der Waals surface area contributed by atoms with Crippen LogP contribution in [0.5, 0.6) is 0 Å². The van der Waals surface area contributed by atoms with Gasteiger partial charge < -0.3 is 5.11 Å². The molecule has 0 spiro atoms. The molecule has 0 radical (unpaired) electrons. The Labute approximate surface area is 99.3 Å². The summed E-state index contributed by atoms with van der Waals surface area (Å²) in [4.78, 5) is 11.0. The largest absolute Gasteiger partial charge is 0.476 e. The number of carboxylic acid groups (broad SMARTS) is 1. The Hall–Kier alpha value is -2.10. The second-order valence-corrected chi connectivity index (χ2v) is 3.93. The number of nitrogens with zero attached hydrogens (tertiary/aromatic N) is 1. The maximum atomic E-state index is 11.0. The van der Waals surface area contributed by atoms with E-state index in [0.29, 0.717) is 5.56 Å². The highest BCUT2D eigenvalue weighted by molar-refractivity contribution is 5.94. The lowest BCUT2D eigenvalue weighted by Gasteiger charge is -2.03. The van der Waals surface area contributed by atoms with Crippen LogP contribution in [0.3, 0.4) is 0 Å². The highest BCUT2D eigenvalue weighted by Gasteiger charge is 2.17. The molecule has 0 saturated heterocycles. The number of rotatable bonds is 3. The van der Waals surface area contributed by atoms with Gasteiger partial charge in [-0.1, -0.05) is 31.2 Å². The van der Waals surface area contributed by atoms with E-state index < -0.39 is 5.97 Å². The first-order valence-corrected chi connectivity index (χ1v) is 5.51. The molecule has 88 valence electrons. The topological polar surface area (TPSA) is 66.0 Å². The van der Waals surface area contributed by atoms with Crippen LogP contribution in [0.15, 0.2) is 24.3 Å². The van der Waals surface area contributed by atoms with Crippen molar-refractivity contribution in [1.82, 2.24) is 10.2 Å². The van der Waals surface area contributed by atoms with Gasteiger partial charge in [0.1, 0.15) is 0 Å². The molecule has 0 amide bonds. The number of aromatic amines is 1. The van der Waals surface area contributed by atoms with E-state index in [1.165, 1.54) is 5.56 Å². The molecule has 0 aliphatic rings. The molecule has 2 N–H and O–H groups in total. The Kier molecular flexibility index (Phi) is 2.95. The average molecular weight is 230 g/mol. The molecular weight excluding hydrogens is 216 g/mol. The monoisotopic (exact) mass is 230 g/mol. The summed E-state index contributed by atoms with van der Waals surface area (Å²) in [5, 5.41) is 15.6. The second kappa shape index (κ2) is 4.41. The molecule has 17 heavy (non-hydrogen) atoms. The standard InChI is InChI=1S/C13H14N2O2/c1-3-9-4-6-10(7-5-9)11-8(2)14-15-12(11)13(16)17/h4-7H,3H2,1-2H3,(H,14,15)(H,16,17). The van der Waals surface area contributed by atoms with Crippen molar-refractivity contribution in [1.29, 1.82) is 0 Å². The lowest BCUT2D eigenvalue weighted by molar-refractivity contribution is 0.0691. The Morgan fingerprint density at radius 2 is 2.00 bits per heavy atom. The predicted molar refractivity (Wildman–Crippen MR) is 65.1 cm³/mol. The van der Waals surface area contributed by atoms with Gasteiger partial charge in [0.05, 0.1) is 0 Å². The molecule has 0 atom stereocenters. The maximum Gasteiger partial charge on any atom is 0.357 e. The number of aromatic nitrogens is 2. The summed E-state index contributed by atoms with van der Waals surface area (Å²) in [7, 11) is 0. The predicted octanol–water partition coefficient (Wildman–Crippen LogP) is 2.65. The van der Waals surface area contributed by atoms with Crippen molar-refractivity contribution in [2.45, 2.75) is 20.3 Å². The Bertz CT molecular complexity index is 541. The number of hydrogen-bond acceptors (Lipinski definition) is 2. The molecule has 0 aliphatic carbocycles. The van der Waals surface area contributed by atoms with E-state index in [-0.39, 0.29) is 5.69 Å². The molecule has 2 rings (SSSR count). The molecule has 2 aromatic rings. The van der Waals surface area contributed by atoms with Crippen LogP contribution < -0.4 is 0 Å². The van der Waals surface area contributed by atoms with Crippen molar-refractivity contribution in [3.8, 4) is 11.1 Å². The minimum atomic E-state index is -1.01. The molecule has 1 aromatic heterocycles. The number of carboxylic acids is 1. The molecule has 1 aromatic carbocycles. The van der Waals surface area contributed by atoms with Gasteiger partial charge in [-0.25, -0.2) is 4.79 Å². The van der Waals surface area contributed by atoms with Crippen molar-refractivity contribution < 1.29 is 9.90 Å². The Balaban J connectivity index is 2.51. The maximum absolute atomic E-state index is 11.0. The van der Waals surface area contributed by atoms with Crippen LogP contribution >= 0.6 is 0 Å². The van der Waals surface area contributed by atoms with E-state index in [4.69, 9.17) is 5.11 Å².